The topological polar surface area (TPSA) is 49.7 Å². The van der Waals surface area contributed by atoms with Gasteiger partial charge in [-0.2, -0.15) is 0 Å². The molecule has 0 spiro atoms. The highest BCUT2D eigenvalue weighted by molar-refractivity contribution is 5.22. The first-order valence-corrected chi connectivity index (χ1v) is 7.92. The van der Waals surface area contributed by atoms with Crippen molar-refractivity contribution in [3.05, 3.63) is 24.5 Å². The lowest BCUT2D eigenvalue weighted by atomic mass is 10.0. The Labute approximate surface area is 129 Å². The van der Waals surface area contributed by atoms with E-state index in [0.29, 0.717) is 0 Å². The van der Waals surface area contributed by atoms with E-state index in [0.717, 1.165) is 12.3 Å². The second-order valence-electron chi connectivity index (χ2n) is 5.31. The van der Waals surface area contributed by atoms with Crippen LogP contribution in [0.4, 0.5) is 0 Å². The highest BCUT2D eigenvalue weighted by Crippen LogP contribution is 2.12. The second-order valence-corrected chi connectivity index (χ2v) is 5.31. The molecule has 0 aromatic carbocycles. The molecule has 0 bridgehead atoms. The summed E-state index contributed by atoms with van der Waals surface area (Å²) in [7, 11) is 0. The Kier molecular flexibility index (Phi) is 14.3. The Hall–Kier alpha value is -1.24. The summed E-state index contributed by atoms with van der Waals surface area (Å²) in [6, 6.07) is 0. The van der Waals surface area contributed by atoms with Gasteiger partial charge >= 0.3 is 0 Å². The van der Waals surface area contributed by atoms with Crippen LogP contribution in [0.5, 0.6) is 0 Å². The molecule has 120 valence electrons. The quantitative estimate of drug-likeness (QED) is 0.349. The van der Waals surface area contributed by atoms with Gasteiger partial charge in [0.2, 0.25) is 0 Å². The summed E-state index contributed by atoms with van der Waals surface area (Å²) in [4.78, 5) is 0. The Morgan fingerprint density at radius 1 is 1.14 bits per heavy atom. The summed E-state index contributed by atoms with van der Waals surface area (Å²) < 4.78 is 4.97. The van der Waals surface area contributed by atoms with E-state index in [2.05, 4.69) is 31.8 Å². The minimum Gasteiger partial charge on any atom is -0.498 e. The zero-order valence-electron chi connectivity index (χ0n) is 13.4. The second kappa shape index (κ2) is 15.2. The lowest BCUT2D eigenvalue weighted by molar-refractivity contribution is 0.0385. The van der Waals surface area contributed by atoms with Crippen LogP contribution in [0.1, 0.15) is 52.4 Å². The summed E-state index contributed by atoms with van der Waals surface area (Å²) in [6.07, 6.45) is 13.7. The first-order chi connectivity index (χ1) is 10.2. The molecular formula is C18H30O3. The summed E-state index contributed by atoms with van der Waals surface area (Å²) in [5.41, 5.74) is 0. The Morgan fingerprint density at radius 3 is 2.62 bits per heavy atom. The van der Waals surface area contributed by atoms with Gasteiger partial charge in [0.25, 0.3) is 0 Å². The average molecular weight is 294 g/mol. The molecule has 0 aliphatic heterocycles. The molecule has 0 aromatic rings. The molecule has 0 aromatic heterocycles. The monoisotopic (exact) mass is 294 g/mol. The standard InChI is InChI=1S/C18H30O3/c1-3-17(2)13-11-9-7-5-4-6-8-10-12-14-21-16-18(20)15-19/h4,6,12,14,17-20H,3,5,7,9,11,13,15-16H2,1-2H3. The number of unbranched alkanes of at least 4 members (excludes halogenated alkanes) is 3. The van der Waals surface area contributed by atoms with E-state index in [4.69, 9.17) is 14.9 Å². The highest BCUT2D eigenvalue weighted by atomic mass is 16.5. The van der Waals surface area contributed by atoms with Crippen LogP contribution < -0.4 is 0 Å². The van der Waals surface area contributed by atoms with Gasteiger partial charge in [0.15, 0.2) is 0 Å². The smallest absolute Gasteiger partial charge is 0.115 e. The molecule has 0 aliphatic carbocycles. The van der Waals surface area contributed by atoms with Crippen molar-refractivity contribution in [3.8, 4) is 11.8 Å². The molecular weight excluding hydrogens is 264 g/mol. The molecule has 0 saturated heterocycles. The van der Waals surface area contributed by atoms with Crippen LogP contribution in [0.15, 0.2) is 24.5 Å². The zero-order chi connectivity index (χ0) is 15.8. The number of hydrogen-bond donors (Lipinski definition) is 2. The van der Waals surface area contributed by atoms with Gasteiger partial charge in [0.05, 0.1) is 12.9 Å². The molecule has 2 atom stereocenters. The number of allylic oxidation sites excluding steroid dienone is 3. The Morgan fingerprint density at radius 2 is 1.90 bits per heavy atom. The van der Waals surface area contributed by atoms with Crippen LogP contribution >= 0.6 is 0 Å². The highest BCUT2D eigenvalue weighted by Gasteiger charge is 1.98. The van der Waals surface area contributed by atoms with Crippen LogP contribution in [0.3, 0.4) is 0 Å². The van der Waals surface area contributed by atoms with Crippen molar-refractivity contribution < 1.29 is 14.9 Å². The molecule has 0 fully saturated rings. The van der Waals surface area contributed by atoms with Crippen molar-refractivity contribution >= 4 is 0 Å². The largest absolute Gasteiger partial charge is 0.498 e. The maximum absolute atomic E-state index is 9.01. The summed E-state index contributed by atoms with van der Waals surface area (Å²) in [5, 5.41) is 17.6. The maximum atomic E-state index is 9.01. The van der Waals surface area contributed by atoms with Gasteiger partial charge < -0.3 is 14.9 Å². The molecule has 0 heterocycles. The van der Waals surface area contributed by atoms with E-state index in [1.807, 2.05) is 6.08 Å². The van der Waals surface area contributed by atoms with Gasteiger partial charge in [-0.3, -0.25) is 0 Å². The van der Waals surface area contributed by atoms with Crippen LogP contribution in [-0.2, 0) is 4.74 Å². The summed E-state index contributed by atoms with van der Waals surface area (Å²) in [5.74, 6) is 6.57. The third kappa shape index (κ3) is 15.0. The molecule has 3 nitrogen and oxygen atoms in total. The molecule has 21 heavy (non-hydrogen) atoms. The van der Waals surface area contributed by atoms with Gasteiger partial charge in [0.1, 0.15) is 12.7 Å². The minimum atomic E-state index is -0.831. The lowest BCUT2D eigenvalue weighted by Gasteiger charge is -2.06. The van der Waals surface area contributed by atoms with Gasteiger partial charge in [-0.05, 0) is 24.8 Å². The molecule has 0 rings (SSSR count). The first kappa shape index (κ1) is 19.8. The summed E-state index contributed by atoms with van der Waals surface area (Å²) >= 11 is 0. The lowest BCUT2D eigenvalue weighted by Crippen LogP contribution is -2.17. The van der Waals surface area contributed by atoms with Crippen molar-refractivity contribution in [2.45, 2.75) is 58.5 Å². The van der Waals surface area contributed by atoms with E-state index in [9.17, 15) is 0 Å². The molecule has 2 unspecified atom stereocenters. The Balaban J connectivity index is 3.47. The fourth-order valence-electron chi connectivity index (χ4n) is 1.68. The molecule has 0 amide bonds. The maximum Gasteiger partial charge on any atom is 0.115 e. The van der Waals surface area contributed by atoms with Crippen LogP contribution in [0.25, 0.3) is 0 Å². The van der Waals surface area contributed by atoms with Crippen molar-refractivity contribution in [2.75, 3.05) is 13.2 Å². The molecule has 3 heteroatoms. The number of aliphatic hydroxyl groups excluding tert-OH is 2. The first-order valence-electron chi connectivity index (χ1n) is 7.92. The van der Waals surface area contributed by atoms with Crippen LogP contribution in [0, 0.1) is 17.8 Å². The van der Waals surface area contributed by atoms with Crippen molar-refractivity contribution in [2.24, 2.45) is 5.92 Å². The van der Waals surface area contributed by atoms with E-state index in [1.165, 1.54) is 38.4 Å². The fraction of sp³-hybridized carbons (Fsp3) is 0.667. The van der Waals surface area contributed by atoms with Gasteiger partial charge in [-0.1, -0.05) is 57.4 Å². The zero-order valence-corrected chi connectivity index (χ0v) is 13.4. The van der Waals surface area contributed by atoms with Crippen LogP contribution in [0.2, 0.25) is 0 Å². The third-order valence-corrected chi connectivity index (χ3v) is 3.30. The van der Waals surface area contributed by atoms with E-state index < -0.39 is 6.10 Å². The number of hydrogen-bond acceptors (Lipinski definition) is 3. The SMILES string of the molecule is CCC(C)CCCCCC=CC#CC=COCC(O)CO. The van der Waals surface area contributed by atoms with Gasteiger partial charge in [-0.25, -0.2) is 0 Å². The van der Waals surface area contributed by atoms with E-state index in [1.54, 1.807) is 6.08 Å². The normalized spacial score (nSPS) is 14.1. The van der Waals surface area contributed by atoms with Crippen molar-refractivity contribution in [3.63, 3.8) is 0 Å². The van der Waals surface area contributed by atoms with Gasteiger partial charge in [0, 0.05) is 6.08 Å². The minimum absolute atomic E-state index is 0.0845. The third-order valence-electron chi connectivity index (χ3n) is 3.30. The number of ether oxygens (including phenoxy) is 1. The number of rotatable bonds is 11. The van der Waals surface area contributed by atoms with Crippen molar-refractivity contribution in [1.29, 1.82) is 0 Å². The van der Waals surface area contributed by atoms with Crippen LogP contribution in [-0.4, -0.2) is 29.5 Å². The Bertz CT molecular complexity index is 336. The van der Waals surface area contributed by atoms with E-state index >= 15 is 0 Å². The van der Waals surface area contributed by atoms with Gasteiger partial charge in [-0.15, -0.1) is 0 Å². The number of aliphatic hydroxyl groups is 2. The molecule has 0 saturated carbocycles. The molecule has 0 radical (unpaired) electrons. The predicted molar refractivity (Wildman–Crippen MR) is 87.6 cm³/mol. The summed E-state index contributed by atoms with van der Waals surface area (Å²) in [6.45, 7) is 4.36. The predicted octanol–water partition coefficient (Wildman–Crippen LogP) is 3.43. The average Bonchev–Trinajstić information content (AvgIpc) is 2.51. The van der Waals surface area contributed by atoms with E-state index in [-0.39, 0.29) is 13.2 Å². The molecule has 0 aliphatic rings. The molecule has 2 N–H and O–H groups in total. The fourth-order valence-corrected chi connectivity index (χ4v) is 1.68. The van der Waals surface area contributed by atoms with Crippen molar-refractivity contribution in [1.82, 2.24) is 0 Å².